The van der Waals surface area contributed by atoms with Crippen LogP contribution < -0.4 is 0 Å². The molecule has 338 valence electrons. The highest BCUT2D eigenvalue weighted by Crippen LogP contribution is 2.16. The molecule has 0 N–H and O–H groups in total. The first-order valence-corrected chi connectivity index (χ1v) is 27.2. The Morgan fingerprint density at radius 2 is 0.268 bits per heavy atom. The summed E-state index contributed by atoms with van der Waals surface area (Å²) in [4.78, 5) is 5.82. The van der Waals surface area contributed by atoms with Crippen LogP contribution in [0.1, 0.15) is 310 Å². The molecule has 2 heteroatoms. The molecule has 0 aliphatic heterocycles. The van der Waals surface area contributed by atoms with Gasteiger partial charge in [0, 0.05) is 13.1 Å². The molecular formula is C54H112N2. The molecular weight excluding hydrogens is 677 g/mol. The fraction of sp³-hybridized carbons (Fsp3) is 1.00. The van der Waals surface area contributed by atoms with Gasteiger partial charge in [0.05, 0.1) is 0 Å². The zero-order valence-electron chi connectivity index (χ0n) is 40.2. The van der Waals surface area contributed by atoms with Crippen LogP contribution >= 0.6 is 0 Å². The van der Waals surface area contributed by atoms with Gasteiger partial charge in [-0.3, -0.25) is 0 Å². The summed E-state index contributed by atoms with van der Waals surface area (Å²) >= 11 is 0. The van der Waals surface area contributed by atoms with E-state index in [4.69, 9.17) is 0 Å². The lowest BCUT2D eigenvalue weighted by atomic mass is 10.1. The molecule has 56 heavy (non-hydrogen) atoms. The lowest BCUT2D eigenvalue weighted by Crippen LogP contribution is -2.37. The Labute approximate surface area is 358 Å². The molecule has 0 aromatic heterocycles. The Morgan fingerprint density at radius 3 is 0.411 bits per heavy atom. The van der Waals surface area contributed by atoms with Gasteiger partial charge in [-0.2, -0.15) is 0 Å². The minimum absolute atomic E-state index is 1.31. The van der Waals surface area contributed by atoms with Crippen LogP contribution in [0.5, 0.6) is 0 Å². The summed E-state index contributed by atoms with van der Waals surface area (Å²) in [6, 6.07) is 0. The normalized spacial score (nSPS) is 11.9. The predicted molar refractivity (Wildman–Crippen MR) is 259 cm³/mol. The molecule has 0 aliphatic carbocycles. The van der Waals surface area contributed by atoms with E-state index in [1.165, 1.54) is 322 Å². The van der Waals surface area contributed by atoms with Gasteiger partial charge < -0.3 is 9.80 Å². The molecule has 0 saturated heterocycles. The van der Waals surface area contributed by atoms with E-state index in [1.54, 1.807) is 0 Å². The number of rotatable bonds is 51. The lowest BCUT2D eigenvalue weighted by molar-refractivity contribution is 0.192. The second-order valence-electron chi connectivity index (χ2n) is 18.8. The molecule has 2 nitrogen and oxygen atoms in total. The van der Waals surface area contributed by atoms with E-state index in [0.717, 1.165) is 0 Å². The Balaban J connectivity index is 4.72. The summed E-state index contributed by atoms with van der Waals surface area (Å²) in [5.41, 5.74) is 0. The average Bonchev–Trinajstić information content (AvgIpc) is 3.21. The van der Waals surface area contributed by atoms with Gasteiger partial charge >= 0.3 is 0 Å². The van der Waals surface area contributed by atoms with Gasteiger partial charge in [0.1, 0.15) is 0 Å². The van der Waals surface area contributed by atoms with Crippen LogP contribution in [0.3, 0.4) is 0 Å². The van der Waals surface area contributed by atoms with Crippen molar-refractivity contribution < 1.29 is 0 Å². The number of unbranched alkanes of at least 4 members (excludes halogenated alkanes) is 40. The monoisotopic (exact) mass is 789 g/mol. The number of nitrogens with zero attached hydrogens (tertiary/aromatic N) is 2. The van der Waals surface area contributed by atoms with Crippen LogP contribution in [0.25, 0.3) is 0 Å². The zero-order valence-corrected chi connectivity index (χ0v) is 40.2. The van der Waals surface area contributed by atoms with Crippen molar-refractivity contribution in [2.75, 3.05) is 39.3 Å². The third-order valence-corrected chi connectivity index (χ3v) is 13.0. The van der Waals surface area contributed by atoms with Crippen molar-refractivity contribution in [2.24, 2.45) is 0 Å². The van der Waals surface area contributed by atoms with Crippen LogP contribution in [0.4, 0.5) is 0 Å². The molecule has 0 bridgehead atoms. The highest BCUT2D eigenvalue weighted by atomic mass is 15.2. The minimum Gasteiger partial charge on any atom is -0.302 e. The molecule has 0 unspecified atom stereocenters. The van der Waals surface area contributed by atoms with Crippen molar-refractivity contribution in [1.82, 2.24) is 9.80 Å². The van der Waals surface area contributed by atoms with E-state index < -0.39 is 0 Å². The van der Waals surface area contributed by atoms with Gasteiger partial charge in [0.25, 0.3) is 0 Å². The van der Waals surface area contributed by atoms with Gasteiger partial charge in [-0.15, -0.1) is 0 Å². The molecule has 0 rings (SSSR count). The molecule has 0 aromatic carbocycles. The van der Waals surface area contributed by atoms with Crippen molar-refractivity contribution in [3.63, 3.8) is 0 Å². The summed E-state index contributed by atoms with van der Waals surface area (Å²) in [6.45, 7) is 17.3. The quantitative estimate of drug-likeness (QED) is 0.0567. The number of hydrogen-bond donors (Lipinski definition) is 0. The van der Waals surface area contributed by atoms with Gasteiger partial charge in [-0.1, -0.05) is 285 Å². The van der Waals surface area contributed by atoms with Crippen LogP contribution in [-0.2, 0) is 0 Å². The molecule has 0 fully saturated rings. The minimum atomic E-state index is 1.31. The molecule has 0 saturated carbocycles. The molecule has 0 aromatic rings. The third kappa shape index (κ3) is 46.6. The third-order valence-electron chi connectivity index (χ3n) is 13.0. The van der Waals surface area contributed by atoms with Crippen molar-refractivity contribution in [3.8, 4) is 0 Å². The predicted octanol–water partition coefficient (Wildman–Crippen LogP) is 18.8. The van der Waals surface area contributed by atoms with Crippen molar-refractivity contribution >= 4 is 0 Å². The average molecular weight is 790 g/mol. The Bertz CT molecular complexity index is 555. The maximum atomic E-state index is 2.91. The SMILES string of the molecule is CCCCCCCCCCCCCN(CCCCCCCCCCCCC)CCN(CCCCCCCCCCCCC)CCCCCCCCCCCCC. The highest BCUT2D eigenvalue weighted by Gasteiger charge is 2.10. The smallest absolute Gasteiger partial charge is 0.0109 e. The highest BCUT2D eigenvalue weighted by molar-refractivity contribution is 4.66. The summed E-state index contributed by atoms with van der Waals surface area (Å²) in [6.07, 6.45) is 63.9. The van der Waals surface area contributed by atoms with Crippen LogP contribution in [-0.4, -0.2) is 49.1 Å². The van der Waals surface area contributed by atoms with Gasteiger partial charge in [-0.25, -0.2) is 0 Å². The fourth-order valence-corrected chi connectivity index (χ4v) is 8.95. The summed E-state index contributed by atoms with van der Waals surface area (Å²) in [5, 5.41) is 0. The summed E-state index contributed by atoms with van der Waals surface area (Å²) in [7, 11) is 0. The van der Waals surface area contributed by atoms with Crippen LogP contribution in [0.2, 0.25) is 0 Å². The fourth-order valence-electron chi connectivity index (χ4n) is 8.95. The molecule has 0 spiro atoms. The Kier molecular flexibility index (Phi) is 51.0. The first kappa shape index (κ1) is 55.9. The Hall–Kier alpha value is -0.0800. The second-order valence-corrected chi connectivity index (χ2v) is 18.8. The maximum Gasteiger partial charge on any atom is 0.0109 e. The summed E-state index contributed by atoms with van der Waals surface area (Å²) in [5.74, 6) is 0. The maximum absolute atomic E-state index is 2.91. The van der Waals surface area contributed by atoms with E-state index in [1.807, 2.05) is 0 Å². The first-order valence-electron chi connectivity index (χ1n) is 27.2. The van der Waals surface area contributed by atoms with E-state index >= 15 is 0 Å². The zero-order chi connectivity index (χ0) is 40.5. The van der Waals surface area contributed by atoms with E-state index in [9.17, 15) is 0 Å². The largest absolute Gasteiger partial charge is 0.302 e. The first-order chi connectivity index (χ1) is 27.8. The Morgan fingerprint density at radius 1 is 0.143 bits per heavy atom. The van der Waals surface area contributed by atoms with Crippen LogP contribution in [0.15, 0.2) is 0 Å². The molecule has 0 aliphatic rings. The molecule has 0 heterocycles. The number of hydrogen-bond acceptors (Lipinski definition) is 2. The molecule has 0 amide bonds. The van der Waals surface area contributed by atoms with E-state index in [-0.39, 0.29) is 0 Å². The van der Waals surface area contributed by atoms with Crippen molar-refractivity contribution in [1.29, 1.82) is 0 Å². The van der Waals surface area contributed by atoms with Gasteiger partial charge in [0.2, 0.25) is 0 Å². The lowest BCUT2D eigenvalue weighted by Gasteiger charge is -2.28. The van der Waals surface area contributed by atoms with Gasteiger partial charge in [0.15, 0.2) is 0 Å². The standard InChI is InChI=1S/C54H112N2/c1-5-9-13-17-21-25-29-33-37-41-45-49-55(50-46-42-38-34-30-26-22-18-14-10-6-2)53-54-56(51-47-43-39-35-31-27-23-19-15-11-7-3)52-48-44-40-36-32-28-24-20-16-12-8-4/h5-54H2,1-4H3. The molecule has 0 atom stereocenters. The van der Waals surface area contributed by atoms with Crippen molar-refractivity contribution in [3.05, 3.63) is 0 Å². The van der Waals surface area contributed by atoms with Crippen LogP contribution in [0, 0.1) is 0 Å². The molecule has 0 radical (unpaired) electrons. The van der Waals surface area contributed by atoms with E-state index in [2.05, 4.69) is 37.5 Å². The van der Waals surface area contributed by atoms with E-state index in [0.29, 0.717) is 0 Å². The van der Waals surface area contributed by atoms with Gasteiger partial charge in [-0.05, 0) is 51.9 Å². The topological polar surface area (TPSA) is 6.48 Å². The second kappa shape index (κ2) is 51.1. The summed E-state index contributed by atoms with van der Waals surface area (Å²) < 4.78 is 0. The van der Waals surface area contributed by atoms with Crippen molar-refractivity contribution in [2.45, 2.75) is 310 Å².